The maximum absolute atomic E-state index is 13.0. The van der Waals surface area contributed by atoms with Gasteiger partial charge in [-0.2, -0.15) is 0 Å². The first kappa shape index (κ1) is 14.1. The number of para-hydroxylation sites is 1. The third-order valence-corrected chi connectivity index (χ3v) is 2.85. The number of rotatable bonds is 5. The summed E-state index contributed by atoms with van der Waals surface area (Å²) >= 11 is 0. The highest BCUT2D eigenvalue weighted by molar-refractivity contribution is 5.94. The molecule has 1 amide bonds. The van der Waals surface area contributed by atoms with Crippen LogP contribution in [0.4, 0.5) is 10.1 Å². The Bertz CT molecular complexity index is 572. The van der Waals surface area contributed by atoms with Gasteiger partial charge in [0, 0.05) is 23.8 Å². The lowest BCUT2D eigenvalue weighted by atomic mass is 10.2. The van der Waals surface area contributed by atoms with Crippen molar-refractivity contribution in [1.82, 2.24) is 5.32 Å². The van der Waals surface area contributed by atoms with Crippen LogP contribution in [0, 0.1) is 5.82 Å². The molecule has 0 fully saturated rings. The van der Waals surface area contributed by atoms with E-state index < -0.39 is 5.82 Å². The third kappa shape index (κ3) is 4.09. The van der Waals surface area contributed by atoms with Crippen LogP contribution in [0.2, 0.25) is 0 Å². The zero-order valence-electron chi connectivity index (χ0n) is 11.3. The molecule has 0 spiro atoms. The van der Waals surface area contributed by atoms with Crippen molar-refractivity contribution in [2.75, 3.05) is 11.9 Å². The van der Waals surface area contributed by atoms with Gasteiger partial charge in [-0.15, -0.1) is 0 Å². The van der Waals surface area contributed by atoms with E-state index in [2.05, 4.69) is 10.6 Å². The van der Waals surface area contributed by atoms with Crippen molar-refractivity contribution in [3.63, 3.8) is 0 Å². The van der Waals surface area contributed by atoms with Crippen molar-refractivity contribution >= 4 is 11.6 Å². The van der Waals surface area contributed by atoms with Crippen LogP contribution in [0.3, 0.4) is 0 Å². The van der Waals surface area contributed by atoms with Gasteiger partial charge in [0.05, 0.1) is 0 Å². The van der Waals surface area contributed by atoms with Gasteiger partial charge in [0.15, 0.2) is 0 Å². The van der Waals surface area contributed by atoms with Crippen molar-refractivity contribution in [2.24, 2.45) is 0 Å². The minimum Gasteiger partial charge on any atom is -0.383 e. The first-order chi connectivity index (χ1) is 9.65. The maximum Gasteiger partial charge on any atom is 0.251 e. The number of anilines is 1. The summed E-state index contributed by atoms with van der Waals surface area (Å²) in [6.07, 6.45) is 0. The molecule has 2 aromatic carbocycles. The molecule has 0 heterocycles. The zero-order valence-corrected chi connectivity index (χ0v) is 11.3. The summed E-state index contributed by atoms with van der Waals surface area (Å²) in [5.41, 5.74) is 1.33. The molecule has 0 aromatic heterocycles. The Morgan fingerprint density at radius 2 is 1.90 bits per heavy atom. The number of amides is 1. The molecule has 3 nitrogen and oxygen atoms in total. The number of carbonyl (C=O) groups excluding carboxylic acids is 1. The fourth-order valence-corrected chi connectivity index (χ4v) is 1.81. The van der Waals surface area contributed by atoms with Gasteiger partial charge in [0.1, 0.15) is 5.82 Å². The molecule has 1 unspecified atom stereocenters. The topological polar surface area (TPSA) is 41.1 Å². The number of benzene rings is 2. The Labute approximate surface area is 117 Å². The van der Waals surface area contributed by atoms with E-state index in [0.29, 0.717) is 12.1 Å². The molecular formula is C16H17FN2O. The molecule has 0 radical (unpaired) electrons. The van der Waals surface area contributed by atoms with E-state index in [1.807, 2.05) is 37.3 Å². The van der Waals surface area contributed by atoms with E-state index in [1.165, 1.54) is 18.2 Å². The molecule has 1 atom stereocenters. The lowest BCUT2D eigenvalue weighted by Gasteiger charge is -2.15. The van der Waals surface area contributed by atoms with Crippen LogP contribution < -0.4 is 10.6 Å². The summed E-state index contributed by atoms with van der Waals surface area (Å²) in [6, 6.07) is 15.3. The van der Waals surface area contributed by atoms with E-state index in [1.54, 1.807) is 6.07 Å². The van der Waals surface area contributed by atoms with Gasteiger partial charge in [0.2, 0.25) is 0 Å². The van der Waals surface area contributed by atoms with Crippen LogP contribution >= 0.6 is 0 Å². The second-order valence-electron chi connectivity index (χ2n) is 4.63. The highest BCUT2D eigenvalue weighted by Crippen LogP contribution is 2.06. The predicted molar refractivity (Wildman–Crippen MR) is 78.3 cm³/mol. The summed E-state index contributed by atoms with van der Waals surface area (Å²) in [5.74, 6) is -0.681. The van der Waals surface area contributed by atoms with Gasteiger partial charge in [-0.25, -0.2) is 4.39 Å². The van der Waals surface area contributed by atoms with Crippen molar-refractivity contribution in [2.45, 2.75) is 13.0 Å². The van der Waals surface area contributed by atoms with Crippen molar-refractivity contribution < 1.29 is 9.18 Å². The minimum absolute atomic E-state index is 0.0639. The van der Waals surface area contributed by atoms with E-state index in [-0.39, 0.29) is 11.9 Å². The van der Waals surface area contributed by atoms with E-state index in [9.17, 15) is 9.18 Å². The molecule has 0 aliphatic rings. The summed E-state index contributed by atoms with van der Waals surface area (Å²) in [6.45, 7) is 2.50. The van der Waals surface area contributed by atoms with Gasteiger partial charge < -0.3 is 10.6 Å². The summed E-state index contributed by atoms with van der Waals surface area (Å²) in [5, 5.41) is 6.05. The largest absolute Gasteiger partial charge is 0.383 e. The van der Waals surface area contributed by atoms with E-state index in [0.717, 1.165) is 5.69 Å². The number of halogens is 1. The molecule has 0 aliphatic heterocycles. The molecule has 20 heavy (non-hydrogen) atoms. The molecule has 4 heteroatoms. The molecule has 104 valence electrons. The monoisotopic (exact) mass is 272 g/mol. The molecule has 0 bridgehead atoms. The number of nitrogens with one attached hydrogen (secondary N) is 2. The van der Waals surface area contributed by atoms with Gasteiger partial charge in [-0.05, 0) is 37.3 Å². The lowest BCUT2D eigenvalue weighted by molar-refractivity contribution is 0.0941. The maximum atomic E-state index is 13.0. The fourth-order valence-electron chi connectivity index (χ4n) is 1.81. The van der Waals surface area contributed by atoms with E-state index in [4.69, 9.17) is 0 Å². The second-order valence-corrected chi connectivity index (χ2v) is 4.63. The van der Waals surface area contributed by atoms with Crippen molar-refractivity contribution in [3.8, 4) is 0 Å². The average Bonchev–Trinajstić information content (AvgIpc) is 2.46. The van der Waals surface area contributed by atoms with E-state index >= 15 is 0 Å². The Kier molecular flexibility index (Phi) is 4.71. The fraction of sp³-hybridized carbons (Fsp3) is 0.188. The normalized spacial score (nSPS) is 11.7. The average molecular weight is 272 g/mol. The van der Waals surface area contributed by atoms with Gasteiger partial charge >= 0.3 is 0 Å². The zero-order chi connectivity index (χ0) is 14.4. The molecule has 0 aliphatic carbocycles. The molecule has 2 aromatic rings. The van der Waals surface area contributed by atoms with Gasteiger partial charge in [0.25, 0.3) is 5.91 Å². The smallest absolute Gasteiger partial charge is 0.251 e. The van der Waals surface area contributed by atoms with Crippen LogP contribution in [-0.2, 0) is 0 Å². The second kappa shape index (κ2) is 6.70. The first-order valence-corrected chi connectivity index (χ1v) is 6.50. The van der Waals surface area contributed by atoms with Gasteiger partial charge in [-0.3, -0.25) is 4.79 Å². The number of hydrogen-bond donors (Lipinski definition) is 2. The number of hydrogen-bond acceptors (Lipinski definition) is 2. The Balaban J connectivity index is 1.85. The minimum atomic E-state index is -0.410. The van der Waals surface area contributed by atoms with Gasteiger partial charge in [-0.1, -0.05) is 24.3 Å². The quantitative estimate of drug-likeness (QED) is 0.878. The van der Waals surface area contributed by atoms with Crippen LogP contribution in [-0.4, -0.2) is 18.5 Å². The molecule has 2 rings (SSSR count). The SMILES string of the molecule is CC(CNc1ccccc1)NC(=O)c1cccc(F)c1. The Morgan fingerprint density at radius 3 is 2.60 bits per heavy atom. The van der Waals surface area contributed by atoms with Crippen LogP contribution in [0.5, 0.6) is 0 Å². The Hall–Kier alpha value is -2.36. The number of carbonyl (C=O) groups is 1. The first-order valence-electron chi connectivity index (χ1n) is 6.50. The van der Waals surface area contributed by atoms with Crippen LogP contribution in [0.25, 0.3) is 0 Å². The third-order valence-electron chi connectivity index (χ3n) is 2.85. The standard InChI is InChI=1S/C16H17FN2O/c1-12(11-18-15-8-3-2-4-9-15)19-16(20)13-6-5-7-14(17)10-13/h2-10,12,18H,11H2,1H3,(H,19,20). The Morgan fingerprint density at radius 1 is 1.15 bits per heavy atom. The summed E-state index contributed by atoms with van der Waals surface area (Å²) in [4.78, 5) is 11.9. The predicted octanol–water partition coefficient (Wildman–Crippen LogP) is 3.06. The highest BCUT2D eigenvalue weighted by atomic mass is 19.1. The van der Waals surface area contributed by atoms with Crippen molar-refractivity contribution in [1.29, 1.82) is 0 Å². The summed E-state index contributed by atoms with van der Waals surface area (Å²) < 4.78 is 13.0. The highest BCUT2D eigenvalue weighted by Gasteiger charge is 2.10. The van der Waals surface area contributed by atoms with Crippen molar-refractivity contribution in [3.05, 3.63) is 66.0 Å². The lowest BCUT2D eigenvalue weighted by Crippen LogP contribution is -2.37. The van der Waals surface area contributed by atoms with Crippen LogP contribution in [0.15, 0.2) is 54.6 Å². The molecule has 0 saturated carbocycles. The van der Waals surface area contributed by atoms with Crippen LogP contribution in [0.1, 0.15) is 17.3 Å². The molecule has 2 N–H and O–H groups in total. The molecular weight excluding hydrogens is 255 g/mol. The molecule has 0 saturated heterocycles. The summed E-state index contributed by atoms with van der Waals surface area (Å²) in [7, 11) is 0.